The molecule has 1 heterocycles. The van der Waals surface area contributed by atoms with Crippen molar-refractivity contribution in [2.45, 2.75) is 5.54 Å². The summed E-state index contributed by atoms with van der Waals surface area (Å²) in [5.74, 6) is 0. The summed E-state index contributed by atoms with van der Waals surface area (Å²) in [4.78, 5) is 0.809. The lowest BCUT2D eigenvalue weighted by Crippen LogP contribution is -2.41. The Labute approximate surface area is 135 Å². The minimum absolute atomic E-state index is 0.407. The van der Waals surface area contributed by atoms with Crippen LogP contribution in [0.1, 0.15) is 22.3 Å². The zero-order valence-corrected chi connectivity index (χ0v) is 12.8. The van der Waals surface area contributed by atoms with Gasteiger partial charge >= 0.3 is 0 Å². The van der Waals surface area contributed by atoms with Crippen LogP contribution < -0.4 is 5.32 Å². The van der Waals surface area contributed by atoms with Crippen LogP contribution in [-0.4, -0.2) is 4.99 Å². The lowest BCUT2D eigenvalue weighted by Gasteiger charge is -2.32. The van der Waals surface area contributed by atoms with Gasteiger partial charge in [-0.2, -0.15) is 0 Å². The Bertz CT molecular complexity index is 785. The summed E-state index contributed by atoms with van der Waals surface area (Å²) < 4.78 is 0. The molecule has 0 unspecified atom stereocenters. The summed E-state index contributed by atoms with van der Waals surface area (Å²) in [6.45, 7) is 0. The minimum Gasteiger partial charge on any atom is -0.358 e. The molecule has 0 saturated heterocycles. The van der Waals surface area contributed by atoms with Crippen LogP contribution in [0.3, 0.4) is 0 Å². The molecule has 22 heavy (non-hydrogen) atoms. The van der Waals surface area contributed by atoms with Gasteiger partial charge in [0.15, 0.2) is 0 Å². The number of hydrogen-bond acceptors (Lipinski definition) is 1. The lowest BCUT2D eigenvalue weighted by atomic mass is 9.78. The average Bonchev–Trinajstić information content (AvgIpc) is 2.91. The van der Waals surface area contributed by atoms with Crippen molar-refractivity contribution < 1.29 is 0 Å². The molecule has 1 aliphatic rings. The van der Waals surface area contributed by atoms with Gasteiger partial charge < -0.3 is 5.32 Å². The van der Waals surface area contributed by atoms with Crippen molar-refractivity contribution >= 4 is 17.2 Å². The topological polar surface area (TPSA) is 12.0 Å². The third kappa shape index (κ3) is 1.81. The first-order valence-corrected chi connectivity index (χ1v) is 7.76. The summed E-state index contributed by atoms with van der Waals surface area (Å²) in [6.07, 6.45) is 0. The smallest absolute Gasteiger partial charge is 0.115 e. The van der Waals surface area contributed by atoms with Crippen LogP contribution in [-0.2, 0) is 5.54 Å². The molecule has 3 aromatic carbocycles. The number of thiocarbonyl (C=S) groups is 1. The van der Waals surface area contributed by atoms with E-state index in [2.05, 4.69) is 72.0 Å². The van der Waals surface area contributed by atoms with E-state index in [1.807, 2.05) is 18.2 Å². The highest BCUT2D eigenvalue weighted by Gasteiger charge is 2.43. The second-order valence-corrected chi connectivity index (χ2v) is 5.89. The van der Waals surface area contributed by atoms with E-state index in [0.29, 0.717) is 0 Å². The van der Waals surface area contributed by atoms with Gasteiger partial charge in [-0.05, 0) is 16.7 Å². The standard InChI is InChI=1S/C20H15NS/c22-19-17-13-7-8-14-18(17)20(21-19,15-9-3-1-4-10-15)16-11-5-2-6-12-16/h1-14H,(H,21,22). The zero-order chi connectivity index (χ0) is 15.0. The highest BCUT2D eigenvalue weighted by atomic mass is 32.1. The van der Waals surface area contributed by atoms with Crippen LogP contribution in [0.2, 0.25) is 0 Å². The second-order valence-electron chi connectivity index (χ2n) is 5.48. The molecule has 4 rings (SSSR count). The summed E-state index contributed by atoms with van der Waals surface area (Å²) in [5.41, 5.74) is 4.33. The van der Waals surface area contributed by atoms with Crippen LogP contribution >= 0.6 is 12.2 Å². The van der Waals surface area contributed by atoms with Crippen molar-refractivity contribution in [1.29, 1.82) is 0 Å². The van der Waals surface area contributed by atoms with Gasteiger partial charge in [0.2, 0.25) is 0 Å². The highest BCUT2D eigenvalue weighted by Crippen LogP contribution is 2.42. The van der Waals surface area contributed by atoms with E-state index in [4.69, 9.17) is 12.2 Å². The van der Waals surface area contributed by atoms with Crippen molar-refractivity contribution in [1.82, 2.24) is 5.32 Å². The monoisotopic (exact) mass is 301 g/mol. The second kappa shape index (κ2) is 5.08. The first kappa shape index (κ1) is 13.2. The SMILES string of the molecule is S=C1NC(c2ccccc2)(c2ccccc2)c2ccccc21. The number of hydrogen-bond donors (Lipinski definition) is 1. The average molecular weight is 301 g/mol. The molecule has 0 radical (unpaired) electrons. The molecule has 2 heteroatoms. The highest BCUT2D eigenvalue weighted by molar-refractivity contribution is 7.80. The van der Waals surface area contributed by atoms with Crippen molar-refractivity contribution in [3.05, 3.63) is 107 Å². The first-order valence-electron chi connectivity index (χ1n) is 7.35. The number of nitrogens with one attached hydrogen (secondary N) is 1. The lowest BCUT2D eigenvalue weighted by molar-refractivity contribution is 0.600. The molecule has 1 aliphatic heterocycles. The fourth-order valence-corrected chi connectivity index (χ4v) is 3.64. The molecule has 3 aromatic rings. The Morgan fingerprint density at radius 3 is 1.73 bits per heavy atom. The Morgan fingerprint density at radius 2 is 1.14 bits per heavy atom. The van der Waals surface area contributed by atoms with Crippen LogP contribution in [0.15, 0.2) is 84.9 Å². The third-order valence-electron chi connectivity index (χ3n) is 4.29. The molecule has 0 saturated carbocycles. The number of benzene rings is 3. The molecule has 0 aromatic heterocycles. The molecule has 0 fully saturated rings. The Morgan fingerprint density at radius 1 is 0.636 bits per heavy atom. The molecule has 0 amide bonds. The summed E-state index contributed by atoms with van der Waals surface area (Å²) in [7, 11) is 0. The number of rotatable bonds is 2. The predicted octanol–water partition coefficient (Wildman–Crippen LogP) is 4.26. The fourth-order valence-electron chi connectivity index (χ4n) is 3.31. The van der Waals surface area contributed by atoms with Crippen molar-refractivity contribution in [3.8, 4) is 0 Å². The van der Waals surface area contributed by atoms with Gasteiger partial charge in [-0.25, -0.2) is 0 Å². The van der Waals surface area contributed by atoms with Crippen molar-refractivity contribution in [2.75, 3.05) is 0 Å². The van der Waals surface area contributed by atoms with E-state index in [0.717, 1.165) is 10.6 Å². The maximum atomic E-state index is 5.61. The normalized spacial score (nSPS) is 15.2. The van der Waals surface area contributed by atoms with E-state index in [9.17, 15) is 0 Å². The van der Waals surface area contributed by atoms with Crippen LogP contribution in [0.25, 0.3) is 0 Å². The van der Waals surface area contributed by atoms with Gasteiger partial charge in [0.1, 0.15) is 10.5 Å². The molecule has 0 aliphatic carbocycles. The van der Waals surface area contributed by atoms with Crippen molar-refractivity contribution in [2.24, 2.45) is 0 Å². The Balaban J connectivity index is 2.06. The van der Waals surface area contributed by atoms with E-state index >= 15 is 0 Å². The zero-order valence-electron chi connectivity index (χ0n) is 12.0. The van der Waals surface area contributed by atoms with Crippen LogP contribution in [0.4, 0.5) is 0 Å². The molecule has 0 spiro atoms. The third-order valence-corrected chi connectivity index (χ3v) is 4.61. The molecular weight excluding hydrogens is 286 g/mol. The van der Waals surface area contributed by atoms with Gasteiger partial charge in [0, 0.05) is 5.56 Å². The van der Waals surface area contributed by atoms with E-state index in [-0.39, 0.29) is 0 Å². The van der Waals surface area contributed by atoms with Gasteiger partial charge in [-0.15, -0.1) is 0 Å². The van der Waals surface area contributed by atoms with Gasteiger partial charge in [-0.1, -0.05) is 97.1 Å². The summed E-state index contributed by atoms with van der Waals surface area (Å²) in [5, 5.41) is 3.60. The Hall–Kier alpha value is -2.45. The minimum atomic E-state index is -0.407. The van der Waals surface area contributed by atoms with Crippen molar-refractivity contribution in [3.63, 3.8) is 0 Å². The quantitative estimate of drug-likeness (QED) is 0.710. The summed E-state index contributed by atoms with van der Waals surface area (Å²) in [6, 6.07) is 29.4. The van der Waals surface area contributed by atoms with Crippen LogP contribution in [0, 0.1) is 0 Å². The first-order chi connectivity index (χ1) is 10.8. The fraction of sp³-hybridized carbons (Fsp3) is 0.0500. The van der Waals surface area contributed by atoms with E-state index in [1.165, 1.54) is 16.7 Å². The molecule has 106 valence electrons. The van der Waals surface area contributed by atoms with Gasteiger partial charge in [0.05, 0.1) is 0 Å². The van der Waals surface area contributed by atoms with Crippen LogP contribution in [0.5, 0.6) is 0 Å². The molecule has 0 atom stereocenters. The van der Waals surface area contributed by atoms with Gasteiger partial charge in [-0.3, -0.25) is 0 Å². The van der Waals surface area contributed by atoms with E-state index < -0.39 is 5.54 Å². The molecule has 0 bridgehead atoms. The Kier molecular flexibility index (Phi) is 3.05. The largest absolute Gasteiger partial charge is 0.358 e. The molecule has 1 nitrogen and oxygen atoms in total. The maximum absolute atomic E-state index is 5.61. The summed E-state index contributed by atoms with van der Waals surface area (Å²) >= 11 is 5.61. The van der Waals surface area contributed by atoms with Gasteiger partial charge in [0.25, 0.3) is 0 Å². The van der Waals surface area contributed by atoms with E-state index in [1.54, 1.807) is 0 Å². The predicted molar refractivity (Wildman–Crippen MR) is 94.0 cm³/mol. The number of fused-ring (bicyclic) bond motifs is 1. The molecule has 1 N–H and O–H groups in total. The maximum Gasteiger partial charge on any atom is 0.115 e. The molecular formula is C20H15NS.